The average Bonchev–Trinajstić information content (AvgIpc) is 3.04. The van der Waals surface area contributed by atoms with Crippen molar-refractivity contribution in [1.82, 2.24) is 14.1 Å². The summed E-state index contributed by atoms with van der Waals surface area (Å²) in [6.45, 7) is 10.4. The molecule has 8 nitrogen and oxygen atoms in total. The number of rotatable bonds is 5. The second kappa shape index (κ2) is 10.9. The highest BCUT2D eigenvalue weighted by molar-refractivity contribution is 7.89. The Labute approximate surface area is 197 Å². The summed E-state index contributed by atoms with van der Waals surface area (Å²) < 4.78 is 33.5. The van der Waals surface area contributed by atoms with Gasteiger partial charge in [-0.25, -0.2) is 13.2 Å². The lowest BCUT2D eigenvalue weighted by Crippen LogP contribution is -2.42. The van der Waals surface area contributed by atoms with E-state index in [1.165, 1.54) is 6.07 Å². The van der Waals surface area contributed by atoms with Crippen molar-refractivity contribution in [1.29, 1.82) is 0 Å². The van der Waals surface area contributed by atoms with Crippen LogP contribution in [0.4, 0.5) is 4.79 Å². The van der Waals surface area contributed by atoms with Crippen LogP contribution < -0.4 is 0 Å². The van der Waals surface area contributed by atoms with E-state index in [9.17, 15) is 18.0 Å². The number of amides is 2. The summed E-state index contributed by atoms with van der Waals surface area (Å²) in [5.74, 6) is 0.0621. The van der Waals surface area contributed by atoms with Crippen LogP contribution >= 0.6 is 0 Å². The summed E-state index contributed by atoms with van der Waals surface area (Å²) in [5, 5.41) is 0. The Bertz CT molecular complexity index is 963. The third-order valence-electron chi connectivity index (χ3n) is 6.37. The maximum absolute atomic E-state index is 13.4. The zero-order chi connectivity index (χ0) is 24.2. The first-order chi connectivity index (χ1) is 15.6. The molecule has 1 aromatic rings. The van der Waals surface area contributed by atoms with Gasteiger partial charge in [0.15, 0.2) is 0 Å². The zero-order valence-corrected chi connectivity index (χ0v) is 21.1. The predicted molar refractivity (Wildman–Crippen MR) is 127 cm³/mol. The Morgan fingerprint density at radius 2 is 1.73 bits per heavy atom. The number of carbonyl (C=O) groups is 2. The molecule has 9 heteroatoms. The Balaban J connectivity index is 1.74. The van der Waals surface area contributed by atoms with E-state index in [1.54, 1.807) is 26.2 Å². The Morgan fingerprint density at radius 3 is 2.42 bits per heavy atom. The van der Waals surface area contributed by atoms with Gasteiger partial charge < -0.3 is 14.5 Å². The standard InChI is InChI=1S/C24H37N3O5S/c1-18(2)17-32-24(29)26-12-7-11-25(14-15-26)23(28)22-16-21(10-9-19(22)3)33(30,31)27-13-6-5-8-20(27)4/h9-10,16,18,20H,5-8,11-15,17H2,1-4H3. The molecule has 2 aliphatic rings. The van der Waals surface area contributed by atoms with E-state index < -0.39 is 10.0 Å². The molecule has 1 aromatic carbocycles. The van der Waals surface area contributed by atoms with Crippen LogP contribution in [0.1, 0.15) is 62.4 Å². The minimum Gasteiger partial charge on any atom is -0.449 e. The topological polar surface area (TPSA) is 87.2 Å². The molecule has 184 valence electrons. The fourth-order valence-electron chi connectivity index (χ4n) is 4.36. The minimum atomic E-state index is -3.66. The Hall–Kier alpha value is -2.13. The number of hydrogen-bond donors (Lipinski definition) is 0. The SMILES string of the molecule is Cc1ccc(S(=O)(=O)N2CCCCC2C)cc1C(=O)N1CCCN(C(=O)OCC(C)C)CC1. The molecule has 0 aromatic heterocycles. The minimum absolute atomic E-state index is 0.0451. The summed E-state index contributed by atoms with van der Waals surface area (Å²) >= 11 is 0. The van der Waals surface area contributed by atoms with Gasteiger partial charge in [0.1, 0.15) is 0 Å². The lowest BCUT2D eigenvalue weighted by Gasteiger charge is -2.32. The highest BCUT2D eigenvalue weighted by Crippen LogP contribution is 2.27. The fourth-order valence-corrected chi connectivity index (χ4v) is 6.09. The van der Waals surface area contributed by atoms with Crippen molar-refractivity contribution in [2.45, 2.75) is 64.3 Å². The fraction of sp³-hybridized carbons (Fsp3) is 0.667. The highest BCUT2D eigenvalue weighted by Gasteiger charge is 2.32. The molecular weight excluding hydrogens is 442 g/mol. The van der Waals surface area contributed by atoms with Crippen molar-refractivity contribution in [3.63, 3.8) is 0 Å². The molecule has 3 rings (SSSR count). The van der Waals surface area contributed by atoms with Crippen LogP contribution in [0.15, 0.2) is 23.1 Å². The Kier molecular flexibility index (Phi) is 8.39. The number of ether oxygens (including phenoxy) is 1. The number of nitrogens with zero attached hydrogens (tertiary/aromatic N) is 3. The van der Waals surface area contributed by atoms with Crippen LogP contribution in [0, 0.1) is 12.8 Å². The van der Waals surface area contributed by atoms with E-state index in [0.717, 1.165) is 24.8 Å². The van der Waals surface area contributed by atoms with Gasteiger partial charge in [0.25, 0.3) is 5.91 Å². The van der Waals surface area contributed by atoms with Gasteiger partial charge in [-0.2, -0.15) is 4.31 Å². The van der Waals surface area contributed by atoms with Crippen LogP contribution in [0.3, 0.4) is 0 Å². The summed E-state index contributed by atoms with van der Waals surface area (Å²) in [5.41, 5.74) is 1.14. The van der Waals surface area contributed by atoms with Gasteiger partial charge in [-0.1, -0.05) is 26.3 Å². The van der Waals surface area contributed by atoms with Crippen LogP contribution in [0.5, 0.6) is 0 Å². The predicted octanol–water partition coefficient (Wildman–Crippen LogP) is 3.50. The summed E-state index contributed by atoms with van der Waals surface area (Å²) in [4.78, 5) is 29.2. The first kappa shape index (κ1) is 25.5. The largest absolute Gasteiger partial charge is 0.449 e. The van der Waals surface area contributed by atoms with Gasteiger partial charge in [0.05, 0.1) is 11.5 Å². The summed E-state index contributed by atoms with van der Waals surface area (Å²) in [6, 6.07) is 4.78. The molecular formula is C24H37N3O5S. The smallest absolute Gasteiger partial charge is 0.409 e. The second-order valence-electron chi connectivity index (χ2n) is 9.54. The molecule has 2 saturated heterocycles. The molecule has 0 saturated carbocycles. The van der Waals surface area contributed by atoms with Gasteiger partial charge in [0.2, 0.25) is 10.0 Å². The van der Waals surface area contributed by atoms with Gasteiger partial charge >= 0.3 is 6.09 Å². The van der Waals surface area contributed by atoms with Gasteiger partial charge in [0, 0.05) is 44.3 Å². The van der Waals surface area contributed by atoms with E-state index in [4.69, 9.17) is 4.74 Å². The maximum atomic E-state index is 13.4. The third-order valence-corrected chi connectivity index (χ3v) is 8.38. The van der Waals surface area contributed by atoms with Gasteiger partial charge in [-0.3, -0.25) is 4.79 Å². The number of aryl methyl sites for hydroxylation is 1. The first-order valence-electron chi connectivity index (χ1n) is 11.9. The maximum Gasteiger partial charge on any atom is 0.409 e. The van der Waals surface area contributed by atoms with Crippen molar-refractivity contribution in [2.24, 2.45) is 5.92 Å². The van der Waals surface area contributed by atoms with E-state index >= 15 is 0 Å². The number of carbonyl (C=O) groups excluding carboxylic acids is 2. The van der Waals surface area contributed by atoms with Crippen molar-refractivity contribution < 1.29 is 22.7 Å². The monoisotopic (exact) mass is 479 g/mol. The van der Waals surface area contributed by atoms with Crippen molar-refractivity contribution in [2.75, 3.05) is 39.3 Å². The van der Waals surface area contributed by atoms with Crippen molar-refractivity contribution >= 4 is 22.0 Å². The molecule has 1 unspecified atom stereocenters. The number of benzene rings is 1. The van der Waals surface area contributed by atoms with Crippen LogP contribution in [0.25, 0.3) is 0 Å². The van der Waals surface area contributed by atoms with E-state index in [0.29, 0.717) is 51.3 Å². The third kappa shape index (κ3) is 6.06. The Morgan fingerprint density at radius 1 is 1.03 bits per heavy atom. The van der Waals surface area contributed by atoms with Crippen molar-refractivity contribution in [3.05, 3.63) is 29.3 Å². The lowest BCUT2D eigenvalue weighted by atomic mass is 10.1. The van der Waals surface area contributed by atoms with E-state index in [2.05, 4.69) is 0 Å². The first-order valence-corrected chi connectivity index (χ1v) is 13.4. The molecule has 0 radical (unpaired) electrons. The second-order valence-corrected chi connectivity index (χ2v) is 11.4. The molecule has 0 aliphatic carbocycles. The summed E-state index contributed by atoms with van der Waals surface area (Å²) in [7, 11) is -3.66. The summed E-state index contributed by atoms with van der Waals surface area (Å²) in [6.07, 6.45) is 3.02. The molecule has 0 bridgehead atoms. The van der Waals surface area contributed by atoms with Crippen LogP contribution in [-0.2, 0) is 14.8 Å². The highest BCUT2D eigenvalue weighted by atomic mass is 32.2. The molecule has 1 atom stereocenters. The van der Waals surface area contributed by atoms with E-state index in [1.807, 2.05) is 27.7 Å². The van der Waals surface area contributed by atoms with Crippen LogP contribution in [-0.4, -0.2) is 79.9 Å². The number of hydrogen-bond acceptors (Lipinski definition) is 5. The molecule has 2 amide bonds. The van der Waals surface area contributed by atoms with Crippen LogP contribution in [0.2, 0.25) is 0 Å². The molecule has 0 spiro atoms. The normalized spacial score (nSPS) is 20.6. The van der Waals surface area contributed by atoms with Crippen molar-refractivity contribution in [3.8, 4) is 0 Å². The molecule has 2 aliphatic heterocycles. The molecule has 33 heavy (non-hydrogen) atoms. The quantitative estimate of drug-likeness (QED) is 0.645. The molecule has 2 fully saturated rings. The zero-order valence-electron chi connectivity index (χ0n) is 20.2. The molecule has 2 heterocycles. The average molecular weight is 480 g/mol. The number of sulfonamides is 1. The molecule has 0 N–H and O–H groups in total. The lowest BCUT2D eigenvalue weighted by molar-refractivity contribution is 0.0745. The van der Waals surface area contributed by atoms with Gasteiger partial charge in [-0.05, 0) is 56.7 Å². The van der Waals surface area contributed by atoms with E-state index in [-0.39, 0.29) is 28.9 Å². The number of piperidine rings is 1. The van der Waals surface area contributed by atoms with Gasteiger partial charge in [-0.15, -0.1) is 0 Å².